The van der Waals surface area contributed by atoms with Gasteiger partial charge in [-0.2, -0.15) is 0 Å². The Morgan fingerprint density at radius 2 is 2.23 bits per heavy atom. The molecule has 0 saturated carbocycles. The molecular formula is C15H19N5O6. The molecule has 11 nitrogen and oxygen atoms in total. The zero-order valence-electron chi connectivity index (χ0n) is 13.8. The molecule has 4 rings (SSSR count). The molecule has 2 aromatic rings. The third-order valence-electron chi connectivity index (χ3n) is 4.98. The van der Waals surface area contributed by atoms with Crippen molar-refractivity contribution in [1.29, 1.82) is 0 Å². The zero-order valence-corrected chi connectivity index (χ0v) is 13.8. The van der Waals surface area contributed by atoms with E-state index in [0.29, 0.717) is 17.1 Å². The molecule has 11 heteroatoms. The average Bonchev–Trinajstić information content (AvgIpc) is 3.33. The SMILES string of the molecule is CC1(O)C(N2CC(c3cnco3)c3c(NO)ncnc32)OC(CO)[C@H]1O. The summed E-state index contributed by atoms with van der Waals surface area (Å²) in [5.41, 5.74) is 0.942. The molecule has 2 aromatic heterocycles. The van der Waals surface area contributed by atoms with E-state index in [9.17, 15) is 20.5 Å². The average molecular weight is 365 g/mol. The lowest BCUT2D eigenvalue weighted by molar-refractivity contribution is -0.0633. The van der Waals surface area contributed by atoms with Crippen LogP contribution in [0.5, 0.6) is 0 Å². The number of hydrogen-bond donors (Lipinski definition) is 5. The summed E-state index contributed by atoms with van der Waals surface area (Å²) in [6.07, 6.45) is 0.925. The highest BCUT2D eigenvalue weighted by Gasteiger charge is 2.56. The van der Waals surface area contributed by atoms with Gasteiger partial charge in [0.1, 0.15) is 35.7 Å². The van der Waals surface area contributed by atoms with Crippen LogP contribution < -0.4 is 10.4 Å². The van der Waals surface area contributed by atoms with Crippen LogP contribution in [0.3, 0.4) is 0 Å². The van der Waals surface area contributed by atoms with E-state index < -0.39 is 30.6 Å². The number of oxazole rings is 1. The van der Waals surface area contributed by atoms with Crippen molar-refractivity contribution in [1.82, 2.24) is 15.0 Å². The van der Waals surface area contributed by atoms with Crippen molar-refractivity contribution in [3.8, 4) is 0 Å². The molecule has 0 bridgehead atoms. The Hall–Kier alpha value is -2.31. The fourth-order valence-electron chi connectivity index (χ4n) is 3.67. The third-order valence-corrected chi connectivity index (χ3v) is 4.98. The van der Waals surface area contributed by atoms with Crippen molar-refractivity contribution in [2.24, 2.45) is 0 Å². The molecule has 0 amide bonds. The molecule has 0 radical (unpaired) electrons. The second-order valence-electron chi connectivity index (χ2n) is 6.56. The number of nitrogens with zero attached hydrogens (tertiary/aromatic N) is 4. The molecular weight excluding hydrogens is 346 g/mol. The summed E-state index contributed by atoms with van der Waals surface area (Å²) < 4.78 is 11.1. The minimum absolute atomic E-state index is 0.191. The molecule has 1 saturated heterocycles. The fourth-order valence-corrected chi connectivity index (χ4v) is 3.67. The number of aliphatic hydroxyl groups is 3. The Bertz CT molecular complexity index is 785. The second kappa shape index (κ2) is 6.14. The topological polar surface area (TPSA) is 157 Å². The van der Waals surface area contributed by atoms with Crippen LogP contribution in [0.15, 0.2) is 23.3 Å². The standard InChI is InChI=1S/C15H19N5O6/c1-15(23)11(22)9(4-21)26-14(15)20-3-7(8-2-16-6-25-8)10-12(19-24)17-5-18-13(10)20/h2,5-7,9,11,14,21-24H,3-4H2,1H3,(H,17,18,19)/t7?,9?,11-,14?,15?/m1/s1. The van der Waals surface area contributed by atoms with Gasteiger partial charge in [0.25, 0.3) is 0 Å². The maximum atomic E-state index is 10.8. The number of hydrogen-bond acceptors (Lipinski definition) is 11. The predicted octanol–water partition coefficient (Wildman–Crippen LogP) is -0.953. The summed E-state index contributed by atoms with van der Waals surface area (Å²) in [7, 11) is 0. The van der Waals surface area contributed by atoms with E-state index in [-0.39, 0.29) is 18.3 Å². The van der Waals surface area contributed by atoms with Crippen LogP contribution in [0.4, 0.5) is 11.6 Å². The maximum Gasteiger partial charge on any atom is 0.180 e. The fraction of sp³-hybridized carbons (Fsp3) is 0.533. The van der Waals surface area contributed by atoms with Gasteiger partial charge in [-0.05, 0) is 6.92 Å². The van der Waals surface area contributed by atoms with E-state index in [4.69, 9.17) is 9.15 Å². The Kier molecular flexibility index (Phi) is 4.04. The summed E-state index contributed by atoms with van der Waals surface area (Å²) in [5, 5.41) is 39.9. The lowest BCUT2D eigenvalue weighted by Gasteiger charge is -2.34. The summed E-state index contributed by atoms with van der Waals surface area (Å²) >= 11 is 0. The maximum absolute atomic E-state index is 10.8. The van der Waals surface area contributed by atoms with Crippen molar-refractivity contribution in [2.75, 3.05) is 23.5 Å². The molecule has 0 aliphatic carbocycles. The van der Waals surface area contributed by atoms with E-state index in [2.05, 4.69) is 15.0 Å². The Labute approximate surface area is 147 Å². The van der Waals surface area contributed by atoms with E-state index in [1.165, 1.54) is 19.6 Å². The first-order valence-corrected chi connectivity index (χ1v) is 8.05. The van der Waals surface area contributed by atoms with Crippen molar-refractivity contribution in [2.45, 2.75) is 36.9 Å². The molecule has 2 aliphatic heterocycles. The first kappa shape index (κ1) is 17.1. The smallest absolute Gasteiger partial charge is 0.180 e. The molecule has 0 aromatic carbocycles. The Balaban J connectivity index is 1.78. The molecule has 5 atom stereocenters. The summed E-state index contributed by atoms with van der Waals surface area (Å²) in [6.45, 7) is 1.28. The zero-order chi connectivity index (χ0) is 18.5. The van der Waals surface area contributed by atoms with Gasteiger partial charge in [0, 0.05) is 6.54 Å². The predicted molar refractivity (Wildman–Crippen MR) is 85.5 cm³/mol. The van der Waals surface area contributed by atoms with Crippen LogP contribution in [0.1, 0.15) is 24.2 Å². The third kappa shape index (κ3) is 2.36. The highest BCUT2D eigenvalue weighted by Crippen LogP contribution is 2.46. The largest absolute Gasteiger partial charge is 0.448 e. The molecule has 0 spiro atoms. The van der Waals surface area contributed by atoms with Crippen LogP contribution in [0.2, 0.25) is 0 Å². The molecule has 4 unspecified atom stereocenters. The van der Waals surface area contributed by atoms with Crippen LogP contribution in [-0.2, 0) is 4.74 Å². The molecule has 5 N–H and O–H groups in total. The van der Waals surface area contributed by atoms with Crippen molar-refractivity contribution < 1.29 is 29.7 Å². The quantitative estimate of drug-likeness (QED) is 0.425. The van der Waals surface area contributed by atoms with Gasteiger partial charge in [-0.25, -0.2) is 15.0 Å². The number of ether oxygens (including phenoxy) is 1. The minimum atomic E-state index is -1.65. The van der Waals surface area contributed by atoms with Gasteiger partial charge in [-0.15, -0.1) is 0 Å². The monoisotopic (exact) mass is 365 g/mol. The Morgan fingerprint density at radius 1 is 1.42 bits per heavy atom. The van der Waals surface area contributed by atoms with Crippen LogP contribution in [0.25, 0.3) is 0 Å². The highest BCUT2D eigenvalue weighted by atomic mass is 16.6. The number of fused-ring (bicyclic) bond motifs is 1. The first-order valence-electron chi connectivity index (χ1n) is 8.05. The van der Waals surface area contributed by atoms with E-state index in [1.807, 2.05) is 5.48 Å². The van der Waals surface area contributed by atoms with Crippen LogP contribution in [0, 0.1) is 0 Å². The van der Waals surface area contributed by atoms with Crippen molar-refractivity contribution in [3.05, 3.63) is 30.2 Å². The number of rotatable bonds is 4. The van der Waals surface area contributed by atoms with E-state index in [1.54, 1.807) is 11.1 Å². The van der Waals surface area contributed by atoms with Gasteiger partial charge in [-0.1, -0.05) is 0 Å². The summed E-state index contributed by atoms with van der Waals surface area (Å²) in [4.78, 5) is 13.9. The van der Waals surface area contributed by atoms with Crippen molar-refractivity contribution in [3.63, 3.8) is 0 Å². The number of aromatic nitrogens is 3. The molecule has 4 heterocycles. The molecule has 1 fully saturated rings. The Morgan fingerprint density at radius 3 is 2.85 bits per heavy atom. The first-order chi connectivity index (χ1) is 12.5. The lowest BCUT2D eigenvalue weighted by atomic mass is 9.96. The highest BCUT2D eigenvalue weighted by molar-refractivity contribution is 5.66. The molecule has 2 aliphatic rings. The minimum Gasteiger partial charge on any atom is -0.448 e. The van der Waals surface area contributed by atoms with E-state index in [0.717, 1.165) is 0 Å². The van der Waals surface area contributed by atoms with Gasteiger partial charge in [0.2, 0.25) is 0 Å². The summed E-state index contributed by atoms with van der Waals surface area (Å²) in [5.74, 6) is 0.745. The second-order valence-corrected chi connectivity index (χ2v) is 6.56. The molecule has 140 valence electrons. The number of aliphatic hydroxyl groups excluding tert-OH is 2. The number of nitrogens with one attached hydrogen (secondary N) is 1. The van der Waals surface area contributed by atoms with Gasteiger partial charge in [0.15, 0.2) is 18.4 Å². The van der Waals surface area contributed by atoms with E-state index >= 15 is 0 Å². The van der Waals surface area contributed by atoms with Gasteiger partial charge >= 0.3 is 0 Å². The van der Waals surface area contributed by atoms with Gasteiger partial charge in [-0.3, -0.25) is 10.7 Å². The summed E-state index contributed by atoms with van der Waals surface area (Å²) in [6, 6.07) is 0. The van der Waals surface area contributed by atoms with Gasteiger partial charge < -0.3 is 29.4 Å². The van der Waals surface area contributed by atoms with Crippen LogP contribution in [-0.4, -0.2) is 72.7 Å². The van der Waals surface area contributed by atoms with Gasteiger partial charge in [0.05, 0.1) is 24.3 Å². The normalized spacial score (nSPS) is 33.5. The van der Waals surface area contributed by atoms with Crippen molar-refractivity contribution >= 4 is 11.6 Å². The van der Waals surface area contributed by atoms with Crippen LogP contribution >= 0.6 is 0 Å². The lowest BCUT2D eigenvalue weighted by Crippen LogP contribution is -2.53. The molecule has 26 heavy (non-hydrogen) atoms. The number of anilines is 2.